The van der Waals surface area contributed by atoms with Crippen LogP contribution in [0, 0.1) is 5.41 Å². The first kappa shape index (κ1) is 13.0. The Kier molecular flexibility index (Phi) is 4.66. The number of benzene rings is 1. The molecule has 2 aromatic rings. The molecule has 18 heavy (non-hydrogen) atoms. The molecule has 0 bridgehead atoms. The topological polar surface area (TPSA) is 59.1 Å². The summed E-state index contributed by atoms with van der Waals surface area (Å²) in [5.41, 5.74) is 6.10. The minimum absolute atomic E-state index is 0.0785. The molecule has 0 unspecified atom stereocenters. The highest BCUT2D eigenvalue weighted by atomic mass is 32.2. The van der Waals surface area contributed by atoms with Crippen molar-refractivity contribution in [3.05, 3.63) is 47.3 Å². The van der Waals surface area contributed by atoms with Crippen molar-refractivity contribution in [2.45, 2.75) is 4.21 Å². The molecule has 0 aliphatic heterocycles. The molecule has 0 aliphatic carbocycles. The number of amidine groups is 1. The summed E-state index contributed by atoms with van der Waals surface area (Å²) in [6, 6.07) is 11.4. The van der Waals surface area contributed by atoms with E-state index in [0.29, 0.717) is 6.61 Å². The number of thioether (sulfide) groups is 1. The maximum absolute atomic E-state index is 7.29. The molecule has 0 saturated carbocycles. The fourth-order valence-electron chi connectivity index (χ4n) is 1.38. The summed E-state index contributed by atoms with van der Waals surface area (Å²) in [5, 5.41) is 9.36. The number of ether oxygens (including phenoxy) is 1. The van der Waals surface area contributed by atoms with Gasteiger partial charge in [-0.25, -0.2) is 0 Å². The van der Waals surface area contributed by atoms with E-state index in [2.05, 4.69) is 11.4 Å². The van der Waals surface area contributed by atoms with E-state index in [1.807, 2.05) is 18.2 Å². The van der Waals surface area contributed by atoms with Crippen LogP contribution in [0.15, 0.2) is 46.0 Å². The lowest BCUT2D eigenvalue weighted by Crippen LogP contribution is -2.10. The highest BCUT2D eigenvalue weighted by Crippen LogP contribution is 2.23. The van der Waals surface area contributed by atoms with Crippen LogP contribution in [-0.4, -0.2) is 18.2 Å². The second kappa shape index (κ2) is 6.47. The third kappa shape index (κ3) is 3.78. The molecule has 0 amide bonds. The van der Waals surface area contributed by atoms with Crippen molar-refractivity contribution < 1.29 is 4.74 Å². The normalized spacial score (nSPS) is 10.2. The predicted molar refractivity (Wildman–Crippen MR) is 78.0 cm³/mol. The molecule has 1 heterocycles. The molecule has 5 heteroatoms. The van der Waals surface area contributed by atoms with Crippen LogP contribution in [0.4, 0.5) is 0 Å². The van der Waals surface area contributed by atoms with Crippen molar-refractivity contribution in [1.29, 1.82) is 5.41 Å². The minimum atomic E-state index is 0.0785. The third-order valence-electron chi connectivity index (χ3n) is 2.26. The van der Waals surface area contributed by atoms with Gasteiger partial charge in [0.15, 0.2) is 0 Å². The highest BCUT2D eigenvalue weighted by molar-refractivity contribution is 8.01. The van der Waals surface area contributed by atoms with Gasteiger partial charge in [0.2, 0.25) is 0 Å². The Morgan fingerprint density at radius 2 is 2.06 bits per heavy atom. The van der Waals surface area contributed by atoms with Crippen molar-refractivity contribution in [1.82, 2.24) is 0 Å². The van der Waals surface area contributed by atoms with E-state index >= 15 is 0 Å². The SMILES string of the molecule is N=C(N)c1ccc(OCCSc2cccs2)cc1. The lowest BCUT2D eigenvalue weighted by Gasteiger charge is -2.06. The molecule has 0 saturated heterocycles. The number of hydrogen-bond acceptors (Lipinski definition) is 4. The van der Waals surface area contributed by atoms with Crippen molar-refractivity contribution >= 4 is 28.9 Å². The average molecular weight is 278 g/mol. The van der Waals surface area contributed by atoms with Crippen LogP contribution in [0.2, 0.25) is 0 Å². The quantitative estimate of drug-likeness (QED) is 0.369. The van der Waals surface area contributed by atoms with E-state index in [4.69, 9.17) is 15.9 Å². The fraction of sp³-hybridized carbons (Fsp3) is 0.154. The van der Waals surface area contributed by atoms with Gasteiger partial charge in [-0.3, -0.25) is 5.41 Å². The number of nitrogens with one attached hydrogen (secondary N) is 1. The first-order valence-corrected chi connectivity index (χ1v) is 7.36. The molecule has 0 atom stereocenters. The fourth-order valence-corrected chi connectivity index (χ4v) is 3.06. The summed E-state index contributed by atoms with van der Waals surface area (Å²) in [7, 11) is 0. The van der Waals surface area contributed by atoms with E-state index in [1.54, 1.807) is 35.2 Å². The first-order valence-electron chi connectivity index (χ1n) is 5.49. The number of thiophene rings is 1. The Balaban J connectivity index is 1.75. The summed E-state index contributed by atoms with van der Waals surface area (Å²) < 4.78 is 6.92. The number of rotatable bonds is 6. The van der Waals surface area contributed by atoms with Crippen LogP contribution in [-0.2, 0) is 0 Å². The second-order valence-electron chi connectivity index (χ2n) is 3.57. The van der Waals surface area contributed by atoms with E-state index < -0.39 is 0 Å². The lowest BCUT2D eigenvalue weighted by molar-refractivity contribution is 0.344. The van der Waals surface area contributed by atoms with E-state index in [0.717, 1.165) is 17.1 Å². The first-order chi connectivity index (χ1) is 8.75. The van der Waals surface area contributed by atoms with Gasteiger partial charge in [-0.15, -0.1) is 23.1 Å². The standard InChI is InChI=1S/C13H14N2OS2/c14-13(15)10-3-5-11(6-4-10)16-7-9-18-12-2-1-8-17-12/h1-6,8H,7,9H2,(H3,14,15). The van der Waals surface area contributed by atoms with Crippen LogP contribution in [0.3, 0.4) is 0 Å². The number of hydrogen-bond donors (Lipinski definition) is 2. The molecule has 94 valence electrons. The maximum atomic E-state index is 7.29. The van der Waals surface area contributed by atoms with E-state index in [-0.39, 0.29) is 5.84 Å². The van der Waals surface area contributed by atoms with Gasteiger partial charge in [0.05, 0.1) is 10.8 Å². The molecule has 2 rings (SSSR count). The van der Waals surface area contributed by atoms with Crippen LogP contribution in [0.1, 0.15) is 5.56 Å². The number of nitrogen functional groups attached to an aromatic ring is 1. The Hall–Kier alpha value is -1.46. The van der Waals surface area contributed by atoms with E-state index in [1.165, 1.54) is 4.21 Å². The van der Waals surface area contributed by atoms with Gasteiger partial charge in [0, 0.05) is 11.3 Å². The summed E-state index contributed by atoms with van der Waals surface area (Å²) in [6.45, 7) is 0.669. The molecule has 3 nitrogen and oxygen atoms in total. The molecule has 0 fully saturated rings. The molecule has 0 spiro atoms. The zero-order valence-corrected chi connectivity index (χ0v) is 11.4. The van der Waals surface area contributed by atoms with Gasteiger partial charge in [-0.2, -0.15) is 0 Å². The van der Waals surface area contributed by atoms with Gasteiger partial charge < -0.3 is 10.5 Å². The van der Waals surface area contributed by atoms with Gasteiger partial charge in [-0.05, 0) is 35.7 Å². The van der Waals surface area contributed by atoms with Crippen molar-refractivity contribution in [3.63, 3.8) is 0 Å². The Morgan fingerprint density at radius 1 is 1.28 bits per heavy atom. The Labute approximate surface area is 114 Å². The zero-order valence-electron chi connectivity index (χ0n) is 9.76. The van der Waals surface area contributed by atoms with Crippen molar-refractivity contribution in [2.24, 2.45) is 5.73 Å². The molecular weight excluding hydrogens is 264 g/mol. The van der Waals surface area contributed by atoms with Gasteiger partial charge in [0.25, 0.3) is 0 Å². The minimum Gasteiger partial charge on any atom is -0.493 e. The Morgan fingerprint density at radius 3 is 2.67 bits per heavy atom. The van der Waals surface area contributed by atoms with E-state index in [9.17, 15) is 0 Å². The van der Waals surface area contributed by atoms with Gasteiger partial charge >= 0.3 is 0 Å². The predicted octanol–water partition coefficient (Wildman–Crippen LogP) is 3.20. The molecule has 3 N–H and O–H groups in total. The van der Waals surface area contributed by atoms with Crippen LogP contribution in [0.5, 0.6) is 5.75 Å². The molecule has 1 aromatic heterocycles. The molecule has 1 aromatic carbocycles. The Bertz CT molecular complexity index is 494. The second-order valence-corrected chi connectivity index (χ2v) is 5.91. The monoisotopic (exact) mass is 278 g/mol. The smallest absolute Gasteiger partial charge is 0.122 e. The largest absolute Gasteiger partial charge is 0.493 e. The molecule has 0 radical (unpaired) electrons. The molecular formula is C13H14N2OS2. The van der Waals surface area contributed by atoms with Gasteiger partial charge in [-0.1, -0.05) is 6.07 Å². The molecule has 0 aliphatic rings. The van der Waals surface area contributed by atoms with Crippen LogP contribution >= 0.6 is 23.1 Å². The summed E-state index contributed by atoms with van der Waals surface area (Å²) in [4.78, 5) is 0. The van der Waals surface area contributed by atoms with Gasteiger partial charge in [0.1, 0.15) is 11.6 Å². The summed E-state index contributed by atoms with van der Waals surface area (Å²) >= 11 is 3.54. The van der Waals surface area contributed by atoms with Crippen molar-refractivity contribution in [2.75, 3.05) is 12.4 Å². The summed E-state index contributed by atoms with van der Waals surface area (Å²) in [6.07, 6.45) is 0. The lowest BCUT2D eigenvalue weighted by atomic mass is 10.2. The third-order valence-corrected chi connectivity index (χ3v) is 4.35. The van der Waals surface area contributed by atoms with Crippen molar-refractivity contribution in [3.8, 4) is 5.75 Å². The van der Waals surface area contributed by atoms with Crippen LogP contribution in [0.25, 0.3) is 0 Å². The maximum Gasteiger partial charge on any atom is 0.122 e. The zero-order chi connectivity index (χ0) is 12.8. The summed E-state index contributed by atoms with van der Waals surface area (Å²) in [5.74, 6) is 1.82. The highest BCUT2D eigenvalue weighted by Gasteiger charge is 1.98. The van der Waals surface area contributed by atoms with Crippen LogP contribution < -0.4 is 10.5 Å². The number of nitrogens with two attached hydrogens (primary N) is 1. The average Bonchev–Trinajstić information content (AvgIpc) is 2.88.